The second-order valence-electron chi connectivity index (χ2n) is 5.36. The van der Waals surface area contributed by atoms with Crippen LogP contribution in [0.2, 0.25) is 0 Å². The Morgan fingerprint density at radius 2 is 1.95 bits per heavy atom. The molecule has 3 nitrogen and oxygen atoms in total. The van der Waals surface area contributed by atoms with E-state index < -0.39 is 0 Å². The molecule has 2 rings (SSSR count). The highest BCUT2D eigenvalue weighted by atomic mass is 16.5. The van der Waals surface area contributed by atoms with Crippen molar-refractivity contribution >= 4 is 0 Å². The summed E-state index contributed by atoms with van der Waals surface area (Å²) in [5.41, 5.74) is 1.24. The van der Waals surface area contributed by atoms with Crippen molar-refractivity contribution < 1.29 is 9.84 Å². The van der Waals surface area contributed by atoms with Crippen LogP contribution in [0.25, 0.3) is 0 Å². The molecule has 0 bridgehead atoms. The van der Waals surface area contributed by atoms with Gasteiger partial charge in [-0.2, -0.15) is 0 Å². The summed E-state index contributed by atoms with van der Waals surface area (Å²) >= 11 is 0. The first-order valence-electron chi connectivity index (χ1n) is 7.34. The number of β-amino-alcohol motifs (C(OH)–C–C–N with tert-alkyl or cyclic N) is 1. The third-order valence-corrected chi connectivity index (χ3v) is 3.80. The number of rotatable bonds is 6. The topological polar surface area (TPSA) is 32.7 Å². The molecule has 1 N–H and O–H groups in total. The van der Waals surface area contributed by atoms with E-state index in [0.717, 1.165) is 38.9 Å². The minimum absolute atomic E-state index is 0.179. The predicted molar refractivity (Wildman–Crippen MR) is 77.0 cm³/mol. The van der Waals surface area contributed by atoms with Crippen LogP contribution in [-0.2, 0) is 11.3 Å². The van der Waals surface area contributed by atoms with Crippen molar-refractivity contribution in [3.63, 3.8) is 0 Å². The number of nitrogens with zero attached hydrogens (tertiary/aromatic N) is 1. The molecule has 1 saturated heterocycles. The zero-order valence-electron chi connectivity index (χ0n) is 11.8. The molecule has 0 spiro atoms. The molecule has 0 amide bonds. The van der Waals surface area contributed by atoms with Gasteiger partial charge in [0.1, 0.15) is 0 Å². The molecular weight excluding hydrogens is 238 g/mol. The van der Waals surface area contributed by atoms with Gasteiger partial charge in [-0.1, -0.05) is 37.3 Å². The van der Waals surface area contributed by atoms with E-state index >= 15 is 0 Å². The minimum Gasteiger partial charge on any atom is -0.392 e. The molecule has 1 atom stereocenters. The Morgan fingerprint density at radius 1 is 1.26 bits per heavy atom. The summed E-state index contributed by atoms with van der Waals surface area (Å²) < 4.78 is 5.96. The second kappa shape index (κ2) is 7.63. The van der Waals surface area contributed by atoms with E-state index in [9.17, 15) is 5.11 Å². The molecule has 19 heavy (non-hydrogen) atoms. The quantitative estimate of drug-likeness (QED) is 0.855. The third-order valence-electron chi connectivity index (χ3n) is 3.80. The number of benzene rings is 1. The van der Waals surface area contributed by atoms with Crippen molar-refractivity contribution in [3.05, 3.63) is 35.9 Å². The highest BCUT2D eigenvalue weighted by Gasteiger charge is 2.20. The Bertz CT molecular complexity index is 347. The SMILES string of the molecule is CCC(O)CN1CCC(OCc2ccccc2)CC1. The van der Waals surface area contributed by atoms with Gasteiger partial charge in [-0.25, -0.2) is 0 Å². The van der Waals surface area contributed by atoms with Gasteiger partial charge in [-0.3, -0.25) is 0 Å². The van der Waals surface area contributed by atoms with Gasteiger partial charge in [0.05, 0.1) is 18.8 Å². The van der Waals surface area contributed by atoms with E-state index in [1.54, 1.807) is 0 Å². The molecule has 0 radical (unpaired) electrons. The first-order valence-corrected chi connectivity index (χ1v) is 7.34. The average Bonchev–Trinajstić information content (AvgIpc) is 2.47. The standard InChI is InChI=1S/C16H25NO2/c1-2-15(18)12-17-10-8-16(9-11-17)19-13-14-6-4-3-5-7-14/h3-7,15-16,18H,2,8-13H2,1H3. The summed E-state index contributed by atoms with van der Waals surface area (Å²) in [5, 5.41) is 9.66. The summed E-state index contributed by atoms with van der Waals surface area (Å²) in [7, 11) is 0. The van der Waals surface area contributed by atoms with Gasteiger partial charge in [0.25, 0.3) is 0 Å². The summed E-state index contributed by atoms with van der Waals surface area (Å²) in [4.78, 5) is 2.34. The third kappa shape index (κ3) is 4.94. The van der Waals surface area contributed by atoms with Gasteiger partial charge in [0.15, 0.2) is 0 Å². The number of hydrogen-bond acceptors (Lipinski definition) is 3. The van der Waals surface area contributed by atoms with E-state index in [4.69, 9.17) is 4.74 Å². The van der Waals surface area contributed by atoms with E-state index in [0.29, 0.717) is 12.7 Å². The van der Waals surface area contributed by atoms with E-state index in [2.05, 4.69) is 17.0 Å². The van der Waals surface area contributed by atoms with Crippen LogP contribution in [0.5, 0.6) is 0 Å². The summed E-state index contributed by atoms with van der Waals surface area (Å²) in [6, 6.07) is 10.3. The lowest BCUT2D eigenvalue weighted by atomic mass is 10.1. The molecule has 106 valence electrons. The molecule has 0 aromatic heterocycles. The highest BCUT2D eigenvalue weighted by Crippen LogP contribution is 2.16. The molecule has 1 aromatic carbocycles. The van der Waals surface area contributed by atoms with Crippen LogP contribution in [0, 0.1) is 0 Å². The second-order valence-corrected chi connectivity index (χ2v) is 5.36. The molecule has 3 heteroatoms. The maximum absolute atomic E-state index is 9.66. The van der Waals surface area contributed by atoms with Crippen LogP contribution >= 0.6 is 0 Å². The summed E-state index contributed by atoms with van der Waals surface area (Å²) in [6.45, 7) is 5.62. The largest absolute Gasteiger partial charge is 0.392 e. The van der Waals surface area contributed by atoms with Crippen molar-refractivity contribution in [1.82, 2.24) is 4.90 Å². The monoisotopic (exact) mass is 263 g/mol. The Balaban J connectivity index is 1.66. The Labute approximate surface area is 116 Å². The van der Waals surface area contributed by atoms with E-state index in [-0.39, 0.29) is 6.10 Å². The summed E-state index contributed by atoms with van der Waals surface area (Å²) in [6.07, 6.45) is 3.17. The molecule has 0 saturated carbocycles. The lowest BCUT2D eigenvalue weighted by Crippen LogP contribution is -2.40. The Morgan fingerprint density at radius 3 is 2.58 bits per heavy atom. The number of hydrogen-bond donors (Lipinski definition) is 1. The Hall–Kier alpha value is -0.900. The van der Waals surface area contributed by atoms with Gasteiger partial charge < -0.3 is 14.7 Å². The van der Waals surface area contributed by atoms with Crippen molar-refractivity contribution in [1.29, 1.82) is 0 Å². The van der Waals surface area contributed by atoms with Crippen molar-refractivity contribution in [2.75, 3.05) is 19.6 Å². The van der Waals surface area contributed by atoms with E-state index in [1.807, 2.05) is 25.1 Å². The first kappa shape index (κ1) is 14.5. The van der Waals surface area contributed by atoms with Crippen LogP contribution in [0.4, 0.5) is 0 Å². The normalized spacial score (nSPS) is 19.5. The fourth-order valence-electron chi connectivity index (χ4n) is 2.47. The highest BCUT2D eigenvalue weighted by molar-refractivity contribution is 5.13. The Kier molecular flexibility index (Phi) is 5.83. The zero-order valence-corrected chi connectivity index (χ0v) is 11.8. The fourth-order valence-corrected chi connectivity index (χ4v) is 2.47. The van der Waals surface area contributed by atoms with Gasteiger partial charge in [-0.15, -0.1) is 0 Å². The van der Waals surface area contributed by atoms with Crippen LogP contribution < -0.4 is 0 Å². The van der Waals surface area contributed by atoms with Crippen molar-refractivity contribution in [2.45, 2.75) is 45.0 Å². The van der Waals surface area contributed by atoms with Crippen LogP contribution in [-0.4, -0.2) is 41.8 Å². The number of ether oxygens (including phenoxy) is 1. The molecule has 1 aliphatic heterocycles. The number of likely N-dealkylation sites (tertiary alicyclic amines) is 1. The maximum atomic E-state index is 9.66. The fraction of sp³-hybridized carbons (Fsp3) is 0.625. The van der Waals surface area contributed by atoms with Crippen LogP contribution in [0.3, 0.4) is 0 Å². The molecule has 1 fully saturated rings. The number of aliphatic hydroxyl groups excluding tert-OH is 1. The molecule has 1 heterocycles. The maximum Gasteiger partial charge on any atom is 0.0720 e. The molecule has 1 aromatic rings. The van der Waals surface area contributed by atoms with E-state index in [1.165, 1.54) is 5.56 Å². The average molecular weight is 263 g/mol. The summed E-state index contributed by atoms with van der Waals surface area (Å²) in [5.74, 6) is 0. The zero-order chi connectivity index (χ0) is 13.5. The number of piperidine rings is 1. The van der Waals surface area contributed by atoms with Crippen molar-refractivity contribution in [3.8, 4) is 0 Å². The molecule has 1 aliphatic rings. The van der Waals surface area contributed by atoms with Gasteiger partial charge in [-0.05, 0) is 24.8 Å². The van der Waals surface area contributed by atoms with Crippen molar-refractivity contribution in [2.24, 2.45) is 0 Å². The van der Waals surface area contributed by atoms with Gasteiger partial charge >= 0.3 is 0 Å². The lowest BCUT2D eigenvalue weighted by molar-refractivity contribution is -0.0109. The lowest BCUT2D eigenvalue weighted by Gasteiger charge is -2.32. The first-order chi connectivity index (χ1) is 9.28. The smallest absolute Gasteiger partial charge is 0.0720 e. The molecule has 0 aliphatic carbocycles. The minimum atomic E-state index is -0.179. The van der Waals surface area contributed by atoms with Crippen LogP contribution in [0.15, 0.2) is 30.3 Å². The molecule has 1 unspecified atom stereocenters. The van der Waals surface area contributed by atoms with Gasteiger partial charge in [0, 0.05) is 19.6 Å². The molecular formula is C16H25NO2. The van der Waals surface area contributed by atoms with Gasteiger partial charge in [0.2, 0.25) is 0 Å². The number of aliphatic hydroxyl groups is 1. The predicted octanol–water partition coefficient (Wildman–Crippen LogP) is 2.44. The van der Waals surface area contributed by atoms with Crippen LogP contribution in [0.1, 0.15) is 31.7 Å².